The summed E-state index contributed by atoms with van der Waals surface area (Å²) in [4.78, 5) is 0.451. The van der Waals surface area contributed by atoms with Crippen molar-refractivity contribution in [2.75, 3.05) is 5.75 Å². The van der Waals surface area contributed by atoms with Crippen molar-refractivity contribution in [3.05, 3.63) is 42.5 Å². The van der Waals surface area contributed by atoms with E-state index in [9.17, 15) is 8.42 Å². The Hall–Kier alpha value is -1.09. The zero-order valence-electron chi connectivity index (χ0n) is 8.94. The van der Waals surface area contributed by atoms with Crippen LogP contribution in [0.15, 0.2) is 41.8 Å². The van der Waals surface area contributed by atoms with Crippen molar-refractivity contribution in [2.45, 2.75) is 24.7 Å². The van der Waals surface area contributed by atoms with Crippen molar-refractivity contribution in [1.82, 2.24) is 0 Å². The van der Waals surface area contributed by atoms with Gasteiger partial charge in [-0.1, -0.05) is 37.6 Å². The van der Waals surface area contributed by atoms with Crippen LogP contribution in [0, 0.1) is 0 Å². The van der Waals surface area contributed by atoms with E-state index in [1.807, 2.05) is 19.1 Å². The van der Waals surface area contributed by atoms with Gasteiger partial charge in [0.15, 0.2) is 9.84 Å². The maximum absolute atomic E-state index is 11.9. The van der Waals surface area contributed by atoms with E-state index >= 15 is 0 Å². The van der Waals surface area contributed by atoms with Crippen LogP contribution in [0.3, 0.4) is 0 Å². The van der Waals surface area contributed by atoms with Gasteiger partial charge >= 0.3 is 0 Å². The molecule has 0 unspecified atom stereocenters. The summed E-state index contributed by atoms with van der Waals surface area (Å²) in [5, 5.41) is 0. The van der Waals surface area contributed by atoms with Crippen molar-refractivity contribution in [3.8, 4) is 0 Å². The lowest BCUT2D eigenvalue weighted by Gasteiger charge is -2.07. The molecule has 0 radical (unpaired) electrons. The Morgan fingerprint density at radius 1 is 1.33 bits per heavy atom. The molecule has 0 aliphatic rings. The summed E-state index contributed by atoms with van der Waals surface area (Å²) in [6, 6.07) is 7.18. The van der Waals surface area contributed by atoms with Gasteiger partial charge in [0.25, 0.3) is 0 Å². The molecule has 0 amide bonds. The molecule has 2 nitrogen and oxygen atoms in total. The third kappa shape index (κ3) is 2.93. The van der Waals surface area contributed by atoms with E-state index in [2.05, 4.69) is 6.58 Å². The highest BCUT2D eigenvalue weighted by Gasteiger charge is 2.15. The predicted octanol–water partition coefficient (Wildman–Crippen LogP) is 2.60. The Morgan fingerprint density at radius 2 is 2.00 bits per heavy atom. The molecule has 0 aromatic heterocycles. The molecule has 0 bridgehead atoms. The number of hydrogen-bond acceptors (Lipinski definition) is 2. The van der Waals surface area contributed by atoms with Gasteiger partial charge < -0.3 is 0 Å². The lowest BCUT2D eigenvalue weighted by Crippen LogP contribution is -2.07. The number of rotatable bonds is 5. The fourth-order valence-electron chi connectivity index (χ4n) is 1.53. The van der Waals surface area contributed by atoms with Crippen LogP contribution in [0.1, 0.15) is 18.9 Å². The molecule has 0 atom stereocenters. The van der Waals surface area contributed by atoms with Crippen LogP contribution < -0.4 is 0 Å². The van der Waals surface area contributed by atoms with Gasteiger partial charge in [-0.2, -0.15) is 0 Å². The highest BCUT2D eigenvalue weighted by atomic mass is 32.2. The van der Waals surface area contributed by atoms with Gasteiger partial charge in [0, 0.05) is 0 Å². The monoisotopic (exact) mass is 224 g/mol. The molecule has 0 heterocycles. The second-order valence-corrected chi connectivity index (χ2v) is 5.43. The zero-order valence-corrected chi connectivity index (χ0v) is 9.76. The molecule has 0 spiro atoms. The van der Waals surface area contributed by atoms with E-state index in [0.29, 0.717) is 4.90 Å². The van der Waals surface area contributed by atoms with E-state index in [0.717, 1.165) is 18.4 Å². The van der Waals surface area contributed by atoms with Crippen molar-refractivity contribution in [2.24, 2.45) is 0 Å². The van der Waals surface area contributed by atoms with Crippen LogP contribution in [0.25, 0.3) is 0 Å². The molecule has 3 heteroatoms. The van der Waals surface area contributed by atoms with Crippen LogP contribution in [0.5, 0.6) is 0 Å². The van der Waals surface area contributed by atoms with Gasteiger partial charge in [-0.3, -0.25) is 0 Å². The number of hydrogen-bond donors (Lipinski definition) is 0. The highest BCUT2D eigenvalue weighted by Crippen LogP contribution is 2.18. The maximum atomic E-state index is 11.9. The van der Waals surface area contributed by atoms with E-state index in [-0.39, 0.29) is 5.75 Å². The van der Waals surface area contributed by atoms with E-state index < -0.39 is 9.84 Å². The zero-order chi connectivity index (χ0) is 11.3. The molecule has 0 aliphatic heterocycles. The summed E-state index contributed by atoms with van der Waals surface area (Å²) in [6.45, 7) is 5.51. The third-order valence-electron chi connectivity index (χ3n) is 2.16. The van der Waals surface area contributed by atoms with Crippen molar-refractivity contribution < 1.29 is 8.42 Å². The highest BCUT2D eigenvalue weighted by molar-refractivity contribution is 7.91. The second kappa shape index (κ2) is 5.12. The van der Waals surface area contributed by atoms with E-state index in [1.165, 1.54) is 6.08 Å². The third-order valence-corrected chi connectivity index (χ3v) is 3.91. The van der Waals surface area contributed by atoms with E-state index in [4.69, 9.17) is 0 Å². The van der Waals surface area contributed by atoms with Gasteiger partial charge in [-0.05, 0) is 18.1 Å². The fourth-order valence-corrected chi connectivity index (χ4v) is 2.87. The molecule has 0 aliphatic carbocycles. The smallest absolute Gasteiger partial charge is 0.182 e. The first-order valence-electron chi connectivity index (χ1n) is 5.03. The minimum atomic E-state index is -3.18. The minimum absolute atomic E-state index is 0.00767. The lowest BCUT2D eigenvalue weighted by molar-refractivity contribution is 0.597. The lowest BCUT2D eigenvalue weighted by atomic mass is 10.1. The minimum Gasteiger partial charge on any atom is -0.223 e. The first-order chi connectivity index (χ1) is 7.11. The topological polar surface area (TPSA) is 34.1 Å². The largest absolute Gasteiger partial charge is 0.223 e. The molecule has 1 aromatic carbocycles. The van der Waals surface area contributed by atoms with Crippen LogP contribution in [0.2, 0.25) is 0 Å². The van der Waals surface area contributed by atoms with Crippen molar-refractivity contribution in [1.29, 1.82) is 0 Å². The quantitative estimate of drug-likeness (QED) is 0.720. The summed E-state index contributed by atoms with van der Waals surface area (Å²) >= 11 is 0. The molecular formula is C12H16O2S. The van der Waals surface area contributed by atoms with Gasteiger partial charge in [0.05, 0.1) is 10.6 Å². The van der Waals surface area contributed by atoms with Gasteiger partial charge in [-0.15, -0.1) is 6.58 Å². The average molecular weight is 224 g/mol. The molecule has 0 fully saturated rings. The Kier molecular flexibility index (Phi) is 4.09. The molecule has 0 saturated carbocycles. The first-order valence-corrected chi connectivity index (χ1v) is 6.68. The Bertz CT molecular complexity index is 433. The standard InChI is InChI=1S/C12H16O2S/c1-3-7-11-8-5-6-9-12(11)15(13,14)10-4-2/h4-6,8-9H,2-3,7,10H2,1H3. The SMILES string of the molecule is C=CCS(=O)(=O)c1ccccc1CCC. The van der Waals surface area contributed by atoms with E-state index in [1.54, 1.807) is 12.1 Å². The Balaban J connectivity index is 3.18. The van der Waals surface area contributed by atoms with Gasteiger partial charge in [0.1, 0.15) is 0 Å². The predicted molar refractivity (Wildman–Crippen MR) is 62.7 cm³/mol. The number of benzene rings is 1. The Labute approximate surface area is 91.6 Å². The normalized spacial score (nSPS) is 11.3. The van der Waals surface area contributed by atoms with Gasteiger partial charge in [0.2, 0.25) is 0 Å². The summed E-state index contributed by atoms with van der Waals surface area (Å²) in [5.74, 6) is 0.00767. The molecule has 0 saturated heterocycles. The maximum Gasteiger partial charge on any atom is 0.182 e. The molecular weight excluding hydrogens is 208 g/mol. The van der Waals surface area contributed by atoms with Crippen LogP contribution >= 0.6 is 0 Å². The molecule has 82 valence electrons. The summed E-state index contributed by atoms with van der Waals surface area (Å²) in [7, 11) is -3.18. The van der Waals surface area contributed by atoms with Crippen LogP contribution in [0.4, 0.5) is 0 Å². The molecule has 1 aromatic rings. The summed E-state index contributed by atoms with van der Waals surface area (Å²) in [5.41, 5.74) is 0.904. The first kappa shape index (κ1) is 12.0. The fraction of sp³-hybridized carbons (Fsp3) is 0.333. The van der Waals surface area contributed by atoms with Crippen LogP contribution in [-0.2, 0) is 16.3 Å². The summed E-state index contributed by atoms with van der Waals surface area (Å²) in [6.07, 6.45) is 3.17. The van der Waals surface area contributed by atoms with Crippen molar-refractivity contribution >= 4 is 9.84 Å². The van der Waals surface area contributed by atoms with Crippen molar-refractivity contribution in [3.63, 3.8) is 0 Å². The second-order valence-electron chi connectivity index (χ2n) is 3.43. The molecule has 0 N–H and O–H groups in total. The average Bonchev–Trinajstić information content (AvgIpc) is 2.19. The summed E-state index contributed by atoms with van der Waals surface area (Å²) < 4.78 is 23.7. The Morgan fingerprint density at radius 3 is 2.60 bits per heavy atom. The van der Waals surface area contributed by atoms with Gasteiger partial charge in [-0.25, -0.2) is 8.42 Å². The van der Waals surface area contributed by atoms with Crippen LogP contribution in [-0.4, -0.2) is 14.2 Å². The number of sulfone groups is 1. The molecule has 1 rings (SSSR count). The molecule has 15 heavy (non-hydrogen) atoms. The number of aryl methyl sites for hydroxylation is 1.